The van der Waals surface area contributed by atoms with Crippen LogP contribution in [0.5, 0.6) is 0 Å². The average Bonchev–Trinajstić information content (AvgIpc) is 2.48. The molecule has 6 heteroatoms. The maximum atomic E-state index is 13.3. The highest BCUT2D eigenvalue weighted by Gasteiger charge is 2.32. The average molecular weight is 333 g/mol. The molecule has 2 rings (SSSR count). The summed E-state index contributed by atoms with van der Waals surface area (Å²) in [6.07, 6.45) is 1.85. The van der Waals surface area contributed by atoms with Crippen LogP contribution in [0.2, 0.25) is 0 Å². The zero-order valence-corrected chi connectivity index (χ0v) is 13.7. The van der Waals surface area contributed by atoms with Crippen LogP contribution in [0.3, 0.4) is 0 Å². The van der Waals surface area contributed by atoms with E-state index in [1.807, 2.05) is 0 Å². The number of halogens is 3. The van der Waals surface area contributed by atoms with E-state index in [9.17, 15) is 13.6 Å². The molecule has 0 aromatic heterocycles. The predicted molar refractivity (Wildman–Crippen MR) is 85.0 cm³/mol. The van der Waals surface area contributed by atoms with E-state index in [1.54, 1.807) is 11.8 Å². The molecule has 3 atom stereocenters. The summed E-state index contributed by atoms with van der Waals surface area (Å²) >= 11 is 0. The van der Waals surface area contributed by atoms with Gasteiger partial charge in [0.1, 0.15) is 0 Å². The molecular formula is C16H23ClF2N2O. The summed E-state index contributed by atoms with van der Waals surface area (Å²) in [5.74, 6) is -1.83. The number of piperidine rings is 1. The summed E-state index contributed by atoms with van der Waals surface area (Å²) in [4.78, 5) is 14.4. The van der Waals surface area contributed by atoms with Crippen LogP contribution in [0.25, 0.3) is 0 Å². The maximum absolute atomic E-state index is 13.3. The van der Waals surface area contributed by atoms with E-state index in [0.29, 0.717) is 24.6 Å². The second-order valence-corrected chi connectivity index (χ2v) is 5.95. The van der Waals surface area contributed by atoms with Gasteiger partial charge in [0.05, 0.1) is 5.92 Å². The van der Waals surface area contributed by atoms with E-state index in [1.165, 1.54) is 6.07 Å². The first-order valence-electron chi connectivity index (χ1n) is 7.39. The zero-order valence-electron chi connectivity index (χ0n) is 12.9. The minimum atomic E-state index is -0.921. The van der Waals surface area contributed by atoms with Crippen molar-refractivity contribution in [1.29, 1.82) is 0 Å². The van der Waals surface area contributed by atoms with E-state index in [-0.39, 0.29) is 24.4 Å². The van der Waals surface area contributed by atoms with Gasteiger partial charge >= 0.3 is 0 Å². The number of hydrogen-bond donors (Lipinski definition) is 1. The van der Waals surface area contributed by atoms with Crippen molar-refractivity contribution in [2.45, 2.75) is 38.6 Å². The molecule has 1 aliphatic rings. The number of rotatable bonds is 3. The van der Waals surface area contributed by atoms with Crippen molar-refractivity contribution in [3.63, 3.8) is 0 Å². The molecule has 1 fully saturated rings. The van der Waals surface area contributed by atoms with E-state index in [2.05, 4.69) is 6.92 Å². The highest BCUT2D eigenvalue weighted by Crippen LogP contribution is 2.27. The standard InChI is InChI=1S/C16H22F2N2O.ClH/c1-10-5-6-20(13(7-10)9-19)16(21)11(2)12-3-4-14(17)15(18)8-12;/h3-4,8,10-11,13H,5-7,9,19H2,1-2H3;1H. The lowest BCUT2D eigenvalue weighted by Gasteiger charge is -2.39. The van der Waals surface area contributed by atoms with E-state index >= 15 is 0 Å². The van der Waals surface area contributed by atoms with Gasteiger partial charge in [-0.1, -0.05) is 13.0 Å². The van der Waals surface area contributed by atoms with E-state index in [0.717, 1.165) is 25.0 Å². The topological polar surface area (TPSA) is 46.3 Å². The predicted octanol–water partition coefficient (Wildman–Crippen LogP) is 3.08. The van der Waals surface area contributed by atoms with Crippen LogP contribution in [-0.4, -0.2) is 29.9 Å². The molecular weight excluding hydrogens is 310 g/mol. The van der Waals surface area contributed by atoms with Crippen LogP contribution >= 0.6 is 12.4 Å². The van der Waals surface area contributed by atoms with Gasteiger partial charge in [-0.25, -0.2) is 8.78 Å². The third-order valence-electron chi connectivity index (χ3n) is 4.35. The molecule has 0 spiro atoms. The lowest BCUT2D eigenvalue weighted by atomic mass is 9.90. The van der Waals surface area contributed by atoms with Crippen LogP contribution in [0, 0.1) is 17.6 Å². The number of hydrogen-bond acceptors (Lipinski definition) is 2. The van der Waals surface area contributed by atoms with Gasteiger partial charge in [0, 0.05) is 19.1 Å². The fourth-order valence-corrected chi connectivity index (χ4v) is 2.94. The zero-order chi connectivity index (χ0) is 15.6. The largest absolute Gasteiger partial charge is 0.338 e. The molecule has 1 aromatic carbocycles. The number of carbonyl (C=O) groups excluding carboxylic acids is 1. The summed E-state index contributed by atoms with van der Waals surface area (Å²) < 4.78 is 26.3. The summed E-state index contributed by atoms with van der Waals surface area (Å²) in [6.45, 7) is 4.99. The van der Waals surface area contributed by atoms with Gasteiger partial charge in [-0.15, -0.1) is 12.4 Å². The van der Waals surface area contributed by atoms with Crippen LogP contribution in [0.15, 0.2) is 18.2 Å². The summed E-state index contributed by atoms with van der Waals surface area (Å²) in [5, 5.41) is 0. The number of nitrogens with zero attached hydrogens (tertiary/aromatic N) is 1. The Bertz CT molecular complexity index is 527. The maximum Gasteiger partial charge on any atom is 0.230 e. The van der Waals surface area contributed by atoms with Crippen molar-refractivity contribution in [3.8, 4) is 0 Å². The normalized spacial score (nSPS) is 22.9. The quantitative estimate of drug-likeness (QED) is 0.924. The van der Waals surface area contributed by atoms with Crippen molar-refractivity contribution < 1.29 is 13.6 Å². The highest BCUT2D eigenvalue weighted by atomic mass is 35.5. The van der Waals surface area contributed by atoms with Gasteiger partial charge in [0.2, 0.25) is 5.91 Å². The fraction of sp³-hybridized carbons (Fsp3) is 0.562. The number of benzene rings is 1. The van der Waals surface area contributed by atoms with Crippen LogP contribution in [0.4, 0.5) is 8.78 Å². The second-order valence-electron chi connectivity index (χ2n) is 5.95. The van der Waals surface area contributed by atoms with Gasteiger partial charge in [-0.05, 0) is 43.4 Å². The van der Waals surface area contributed by atoms with Crippen molar-refractivity contribution >= 4 is 18.3 Å². The SMILES string of the molecule is CC1CCN(C(=O)C(C)c2ccc(F)c(F)c2)C(CN)C1.Cl. The third kappa shape index (κ3) is 3.96. The highest BCUT2D eigenvalue weighted by molar-refractivity contribution is 5.85. The first-order valence-corrected chi connectivity index (χ1v) is 7.39. The molecule has 1 amide bonds. The molecule has 1 aromatic rings. The van der Waals surface area contributed by atoms with Crippen LogP contribution in [-0.2, 0) is 4.79 Å². The van der Waals surface area contributed by atoms with Crippen molar-refractivity contribution in [1.82, 2.24) is 4.90 Å². The minimum Gasteiger partial charge on any atom is -0.338 e. The number of carbonyl (C=O) groups is 1. The lowest BCUT2D eigenvalue weighted by Crippen LogP contribution is -2.50. The van der Waals surface area contributed by atoms with Crippen LogP contribution < -0.4 is 5.73 Å². The minimum absolute atomic E-state index is 0. The molecule has 124 valence electrons. The van der Waals surface area contributed by atoms with E-state index < -0.39 is 17.6 Å². The van der Waals surface area contributed by atoms with Gasteiger partial charge < -0.3 is 10.6 Å². The van der Waals surface area contributed by atoms with Crippen molar-refractivity contribution in [3.05, 3.63) is 35.4 Å². The Morgan fingerprint density at radius 1 is 1.41 bits per heavy atom. The van der Waals surface area contributed by atoms with Crippen LogP contribution in [0.1, 0.15) is 38.2 Å². The first-order chi connectivity index (χ1) is 9.93. The molecule has 1 heterocycles. The molecule has 0 aliphatic carbocycles. The Labute approximate surface area is 136 Å². The second kappa shape index (κ2) is 7.88. The number of nitrogens with two attached hydrogens (primary N) is 1. The molecule has 3 unspecified atom stereocenters. The Morgan fingerprint density at radius 2 is 2.09 bits per heavy atom. The molecule has 0 radical (unpaired) electrons. The third-order valence-corrected chi connectivity index (χ3v) is 4.35. The van der Waals surface area contributed by atoms with E-state index in [4.69, 9.17) is 5.73 Å². The van der Waals surface area contributed by atoms with Crippen molar-refractivity contribution in [2.75, 3.05) is 13.1 Å². The number of likely N-dealkylation sites (tertiary alicyclic amines) is 1. The summed E-state index contributed by atoms with van der Waals surface area (Å²) in [7, 11) is 0. The smallest absolute Gasteiger partial charge is 0.230 e. The molecule has 3 nitrogen and oxygen atoms in total. The van der Waals surface area contributed by atoms with Crippen molar-refractivity contribution in [2.24, 2.45) is 11.7 Å². The Hall–Kier alpha value is -1.20. The fourth-order valence-electron chi connectivity index (χ4n) is 2.94. The molecule has 1 aliphatic heterocycles. The summed E-state index contributed by atoms with van der Waals surface area (Å²) in [5.41, 5.74) is 6.27. The molecule has 22 heavy (non-hydrogen) atoms. The first kappa shape index (κ1) is 18.8. The van der Waals surface area contributed by atoms with Gasteiger partial charge in [-0.2, -0.15) is 0 Å². The molecule has 2 N–H and O–H groups in total. The van der Waals surface area contributed by atoms with Gasteiger partial charge in [0.15, 0.2) is 11.6 Å². The summed E-state index contributed by atoms with van der Waals surface area (Å²) in [6, 6.07) is 3.66. The monoisotopic (exact) mass is 332 g/mol. The Kier molecular flexibility index (Phi) is 6.75. The lowest BCUT2D eigenvalue weighted by molar-refractivity contribution is -0.136. The van der Waals surface area contributed by atoms with Gasteiger partial charge in [-0.3, -0.25) is 4.79 Å². The Balaban J connectivity index is 0.00000242. The number of amides is 1. The molecule has 0 bridgehead atoms. The Morgan fingerprint density at radius 3 is 2.68 bits per heavy atom. The molecule has 1 saturated heterocycles. The molecule has 0 saturated carbocycles. The van der Waals surface area contributed by atoms with Gasteiger partial charge in [0.25, 0.3) is 0 Å².